The molecule has 0 fully saturated rings. The Labute approximate surface area is 117 Å². The Morgan fingerprint density at radius 2 is 2.25 bits per heavy atom. The van der Waals surface area contributed by atoms with Crippen molar-refractivity contribution in [2.75, 3.05) is 23.0 Å². The number of pyridine rings is 1. The van der Waals surface area contributed by atoms with E-state index in [4.69, 9.17) is 5.73 Å². The molecule has 0 bridgehead atoms. The third-order valence-electron chi connectivity index (χ3n) is 3.41. The summed E-state index contributed by atoms with van der Waals surface area (Å²) in [6.07, 6.45) is 2.18. The fourth-order valence-corrected chi connectivity index (χ4v) is 2.43. The molecule has 0 unspecified atom stereocenters. The van der Waals surface area contributed by atoms with E-state index in [0.29, 0.717) is 18.7 Å². The molecule has 5 heteroatoms. The molecule has 2 heterocycles. The number of nitrogens with one attached hydrogen (secondary N) is 1. The van der Waals surface area contributed by atoms with Crippen molar-refractivity contribution < 1.29 is 4.79 Å². The number of carbonyl (C=O) groups is 1. The zero-order valence-corrected chi connectivity index (χ0v) is 11.3. The summed E-state index contributed by atoms with van der Waals surface area (Å²) < 4.78 is 0. The van der Waals surface area contributed by atoms with Crippen LogP contribution in [0.3, 0.4) is 0 Å². The van der Waals surface area contributed by atoms with Crippen molar-refractivity contribution in [3.63, 3.8) is 0 Å². The normalized spacial score (nSPS) is 12.9. The summed E-state index contributed by atoms with van der Waals surface area (Å²) in [4.78, 5) is 17.7. The lowest BCUT2D eigenvalue weighted by atomic mass is 10.1. The number of rotatable bonds is 3. The van der Waals surface area contributed by atoms with Gasteiger partial charge in [0.15, 0.2) is 0 Å². The summed E-state index contributed by atoms with van der Waals surface area (Å²) in [6.45, 7) is 0.664. The molecule has 0 saturated heterocycles. The molecule has 3 N–H and O–H groups in total. The molecule has 0 saturated carbocycles. The summed E-state index contributed by atoms with van der Waals surface area (Å²) in [6, 6.07) is 9.63. The molecule has 0 radical (unpaired) electrons. The van der Waals surface area contributed by atoms with Crippen LogP contribution in [0.15, 0.2) is 36.5 Å². The predicted molar refractivity (Wildman–Crippen MR) is 79.5 cm³/mol. The molecule has 102 valence electrons. The number of hydrogen-bond acceptors (Lipinski definition) is 4. The van der Waals surface area contributed by atoms with Gasteiger partial charge in [0.1, 0.15) is 0 Å². The van der Waals surface area contributed by atoms with Crippen LogP contribution in [0.1, 0.15) is 11.3 Å². The van der Waals surface area contributed by atoms with Gasteiger partial charge in [0, 0.05) is 18.9 Å². The third kappa shape index (κ3) is 2.30. The number of fused-ring (bicyclic) bond motifs is 1. The van der Waals surface area contributed by atoms with E-state index >= 15 is 0 Å². The lowest BCUT2D eigenvalue weighted by Gasteiger charge is -2.21. The predicted octanol–water partition coefficient (Wildman–Crippen LogP) is 1.79. The van der Waals surface area contributed by atoms with Crippen molar-refractivity contribution in [2.45, 2.75) is 13.0 Å². The second-order valence-corrected chi connectivity index (χ2v) is 4.97. The highest BCUT2D eigenvalue weighted by Gasteiger charge is 2.20. The number of amides is 1. The first-order valence-corrected chi connectivity index (χ1v) is 6.47. The molecule has 1 aliphatic heterocycles. The summed E-state index contributed by atoms with van der Waals surface area (Å²) in [5, 5.41) is 2.85. The van der Waals surface area contributed by atoms with Crippen molar-refractivity contribution in [1.82, 2.24) is 4.98 Å². The molecular formula is C15H16N4O. The average Bonchev–Trinajstić information content (AvgIpc) is 2.78. The van der Waals surface area contributed by atoms with E-state index in [2.05, 4.69) is 10.3 Å². The van der Waals surface area contributed by atoms with E-state index in [1.54, 1.807) is 6.20 Å². The summed E-state index contributed by atoms with van der Waals surface area (Å²) in [5.74, 6) is 0.0175. The van der Waals surface area contributed by atoms with Gasteiger partial charge < -0.3 is 16.0 Å². The summed E-state index contributed by atoms with van der Waals surface area (Å²) >= 11 is 0. The number of benzene rings is 1. The van der Waals surface area contributed by atoms with Gasteiger partial charge >= 0.3 is 0 Å². The second kappa shape index (κ2) is 4.85. The first kappa shape index (κ1) is 12.5. The van der Waals surface area contributed by atoms with Crippen molar-refractivity contribution in [1.29, 1.82) is 0 Å². The van der Waals surface area contributed by atoms with Gasteiger partial charge in [-0.05, 0) is 29.8 Å². The summed E-state index contributed by atoms with van der Waals surface area (Å²) in [5.41, 5.74) is 10.5. The van der Waals surface area contributed by atoms with Crippen LogP contribution >= 0.6 is 0 Å². The van der Waals surface area contributed by atoms with Crippen LogP contribution in [0.25, 0.3) is 0 Å². The van der Waals surface area contributed by atoms with Crippen molar-refractivity contribution in [3.8, 4) is 0 Å². The molecule has 1 aromatic carbocycles. The SMILES string of the molecule is CN(Cc1ccccn1)c1cc2c(cc1N)CC(=O)N2. The summed E-state index contributed by atoms with van der Waals surface area (Å²) in [7, 11) is 1.96. The lowest BCUT2D eigenvalue weighted by molar-refractivity contribution is -0.115. The van der Waals surface area contributed by atoms with E-state index in [9.17, 15) is 4.79 Å². The number of nitrogen functional groups attached to an aromatic ring is 1. The van der Waals surface area contributed by atoms with Crippen LogP contribution in [0.2, 0.25) is 0 Å². The molecule has 1 aliphatic rings. The van der Waals surface area contributed by atoms with Gasteiger partial charge in [0.05, 0.1) is 30.0 Å². The highest BCUT2D eigenvalue weighted by atomic mass is 16.1. The lowest BCUT2D eigenvalue weighted by Crippen LogP contribution is -2.18. The molecule has 2 aromatic rings. The van der Waals surface area contributed by atoms with Gasteiger partial charge in [-0.2, -0.15) is 0 Å². The van der Waals surface area contributed by atoms with Crippen LogP contribution < -0.4 is 16.0 Å². The maximum atomic E-state index is 11.4. The molecule has 20 heavy (non-hydrogen) atoms. The molecule has 1 aromatic heterocycles. The molecule has 0 spiro atoms. The van der Waals surface area contributed by atoms with Gasteiger partial charge in [-0.15, -0.1) is 0 Å². The Hall–Kier alpha value is -2.56. The van der Waals surface area contributed by atoms with E-state index in [1.165, 1.54) is 0 Å². The fraction of sp³-hybridized carbons (Fsp3) is 0.200. The van der Waals surface area contributed by atoms with Gasteiger partial charge in [-0.1, -0.05) is 6.07 Å². The highest BCUT2D eigenvalue weighted by Crippen LogP contribution is 2.33. The van der Waals surface area contributed by atoms with Crippen molar-refractivity contribution >= 4 is 23.0 Å². The quantitative estimate of drug-likeness (QED) is 0.833. The largest absolute Gasteiger partial charge is 0.397 e. The van der Waals surface area contributed by atoms with Crippen molar-refractivity contribution in [3.05, 3.63) is 47.8 Å². The standard InChI is InChI=1S/C15H16N4O/c1-19(9-11-4-2-3-5-17-11)14-8-13-10(6-12(14)16)7-15(20)18-13/h2-6,8H,7,9,16H2,1H3,(H,18,20). The van der Waals surface area contributed by atoms with Gasteiger partial charge in [-0.3, -0.25) is 9.78 Å². The van der Waals surface area contributed by atoms with Crippen LogP contribution in [-0.4, -0.2) is 17.9 Å². The van der Waals surface area contributed by atoms with E-state index in [1.807, 2.05) is 42.3 Å². The Balaban J connectivity index is 1.87. The molecular weight excluding hydrogens is 252 g/mol. The van der Waals surface area contributed by atoms with Crippen LogP contribution in [0, 0.1) is 0 Å². The molecule has 1 amide bonds. The zero-order valence-electron chi connectivity index (χ0n) is 11.3. The number of carbonyl (C=O) groups excluding carboxylic acids is 1. The second-order valence-electron chi connectivity index (χ2n) is 4.97. The van der Waals surface area contributed by atoms with Gasteiger partial charge in [0.2, 0.25) is 5.91 Å². The molecule has 3 rings (SSSR count). The Morgan fingerprint density at radius 3 is 3.00 bits per heavy atom. The molecule has 0 atom stereocenters. The monoisotopic (exact) mass is 268 g/mol. The highest BCUT2D eigenvalue weighted by molar-refractivity contribution is 6.00. The first-order valence-electron chi connectivity index (χ1n) is 6.47. The first-order chi connectivity index (χ1) is 9.63. The number of nitrogens with two attached hydrogens (primary N) is 1. The average molecular weight is 268 g/mol. The van der Waals surface area contributed by atoms with Gasteiger partial charge in [-0.25, -0.2) is 0 Å². The van der Waals surface area contributed by atoms with E-state index < -0.39 is 0 Å². The topological polar surface area (TPSA) is 71.2 Å². The Morgan fingerprint density at radius 1 is 1.40 bits per heavy atom. The van der Waals surface area contributed by atoms with Crippen LogP contribution in [0.4, 0.5) is 17.1 Å². The van der Waals surface area contributed by atoms with Gasteiger partial charge in [0.25, 0.3) is 0 Å². The Bertz CT molecular complexity index is 654. The maximum Gasteiger partial charge on any atom is 0.228 e. The smallest absolute Gasteiger partial charge is 0.228 e. The van der Waals surface area contributed by atoms with Crippen molar-refractivity contribution in [2.24, 2.45) is 0 Å². The minimum absolute atomic E-state index is 0.0175. The van der Waals surface area contributed by atoms with E-state index in [0.717, 1.165) is 22.6 Å². The third-order valence-corrected chi connectivity index (χ3v) is 3.41. The molecule has 0 aliphatic carbocycles. The number of nitrogens with zero attached hydrogens (tertiary/aromatic N) is 2. The fourth-order valence-electron chi connectivity index (χ4n) is 2.43. The van der Waals surface area contributed by atoms with Crippen LogP contribution in [0.5, 0.6) is 0 Å². The Kier molecular flexibility index (Phi) is 3.02. The minimum atomic E-state index is 0.0175. The number of anilines is 3. The number of hydrogen-bond donors (Lipinski definition) is 2. The maximum absolute atomic E-state index is 11.4. The van der Waals surface area contributed by atoms with E-state index in [-0.39, 0.29) is 5.91 Å². The van der Waals surface area contributed by atoms with Crippen LogP contribution in [-0.2, 0) is 17.8 Å². The minimum Gasteiger partial charge on any atom is -0.397 e. The zero-order chi connectivity index (χ0) is 14.1. The molecule has 5 nitrogen and oxygen atoms in total. The number of aromatic nitrogens is 1.